The van der Waals surface area contributed by atoms with Gasteiger partial charge in [0.2, 0.25) is 0 Å². The highest BCUT2D eigenvalue weighted by Gasteiger charge is 2.42. The molecule has 2 aliphatic rings. The van der Waals surface area contributed by atoms with Gasteiger partial charge in [0.25, 0.3) is 23.6 Å². The maximum Gasteiger partial charge on any atom is 0.266 e. The highest BCUT2D eigenvalue weighted by molar-refractivity contribution is 6.48. The summed E-state index contributed by atoms with van der Waals surface area (Å²) in [6.07, 6.45) is 0. The molecule has 0 N–H and O–H groups in total. The number of para-hydroxylation sites is 2. The van der Waals surface area contributed by atoms with Gasteiger partial charge in [-0.2, -0.15) is 0 Å². The van der Waals surface area contributed by atoms with Crippen LogP contribution in [0, 0.1) is 0 Å². The summed E-state index contributed by atoms with van der Waals surface area (Å²) >= 11 is 0. The Hall–Kier alpha value is -7.84. The molecule has 8 nitrogen and oxygen atoms in total. The SMILES string of the molecule is COc1ccc(-c2cc3c4c(ccc5c6ccc7c8c(cc(-c9ccc(OC)cc9)c(c2c45)c86)C(=O)N(c2c(C(C)C)cccc2C(C)C)C7=O)C(=O)N(c2c(C(C)C)cccc2C(C)C)C3=O)cc1. The van der Waals surface area contributed by atoms with Crippen LogP contribution >= 0.6 is 0 Å². The number of anilines is 2. The summed E-state index contributed by atoms with van der Waals surface area (Å²) in [5.74, 6) is -0.0791. The minimum atomic E-state index is -0.392. The van der Waals surface area contributed by atoms with Crippen LogP contribution in [0.3, 0.4) is 0 Å². The molecular formula is C62H54N2O6. The van der Waals surface area contributed by atoms with E-state index in [1.807, 2.05) is 121 Å². The Kier molecular flexibility index (Phi) is 10.5. The van der Waals surface area contributed by atoms with Crippen LogP contribution in [0.1, 0.15) is 143 Å². The Bertz CT molecular complexity index is 3420. The topological polar surface area (TPSA) is 93.2 Å². The summed E-state index contributed by atoms with van der Waals surface area (Å²) in [5.41, 5.74) is 9.81. The zero-order valence-electron chi connectivity index (χ0n) is 41.2. The van der Waals surface area contributed by atoms with E-state index in [2.05, 4.69) is 55.4 Å². The summed E-state index contributed by atoms with van der Waals surface area (Å²) in [6, 6.07) is 39.2. The smallest absolute Gasteiger partial charge is 0.266 e. The molecule has 0 atom stereocenters. The largest absolute Gasteiger partial charge is 0.497 e. The molecule has 0 aromatic heterocycles. The van der Waals surface area contributed by atoms with E-state index in [-0.39, 0.29) is 35.5 Å². The summed E-state index contributed by atoms with van der Waals surface area (Å²) in [6.45, 7) is 16.7. The fraction of sp³-hybridized carbons (Fsp3) is 0.226. The summed E-state index contributed by atoms with van der Waals surface area (Å²) in [5, 5.41) is 5.89. The van der Waals surface area contributed by atoms with E-state index < -0.39 is 11.8 Å². The third-order valence-corrected chi connectivity index (χ3v) is 14.8. The number of hydrogen-bond donors (Lipinski definition) is 0. The average Bonchev–Trinajstić information content (AvgIpc) is 3.36. The molecule has 348 valence electrons. The number of amides is 4. The van der Waals surface area contributed by atoms with Crippen LogP contribution in [0.5, 0.6) is 11.5 Å². The monoisotopic (exact) mass is 922 g/mol. The number of carbonyl (C=O) groups excluding carboxylic acids is 4. The van der Waals surface area contributed by atoms with Gasteiger partial charge in [-0.3, -0.25) is 19.2 Å². The van der Waals surface area contributed by atoms with Gasteiger partial charge in [-0.05, 0) is 149 Å². The number of hydrogen-bond acceptors (Lipinski definition) is 6. The number of benzene rings is 9. The summed E-state index contributed by atoms with van der Waals surface area (Å²) < 4.78 is 11.3. The Morgan fingerprint density at radius 3 is 0.957 bits per heavy atom. The van der Waals surface area contributed by atoms with Crippen molar-refractivity contribution < 1.29 is 28.7 Å². The van der Waals surface area contributed by atoms with Gasteiger partial charge < -0.3 is 9.47 Å². The highest BCUT2D eigenvalue weighted by Crippen LogP contribution is 2.54. The highest BCUT2D eigenvalue weighted by atomic mass is 16.5. The predicted molar refractivity (Wildman–Crippen MR) is 283 cm³/mol. The normalized spacial score (nSPS) is 13.9. The molecule has 9 aromatic rings. The molecule has 9 aromatic carbocycles. The van der Waals surface area contributed by atoms with Crippen LogP contribution in [-0.4, -0.2) is 37.8 Å². The van der Waals surface area contributed by atoms with Crippen molar-refractivity contribution >= 4 is 78.1 Å². The zero-order chi connectivity index (χ0) is 49.2. The average molecular weight is 923 g/mol. The van der Waals surface area contributed by atoms with Crippen molar-refractivity contribution in [2.24, 2.45) is 0 Å². The number of imide groups is 2. The minimum Gasteiger partial charge on any atom is -0.497 e. The van der Waals surface area contributed by atoms with Gasteiger partial charge in [-0.1, -0.05) is 128 Å². The zero-order valence-corrected chi connectivity index (χ0v) is 41.2. The summed E-state index contributed by atoms with van der Waals surface area (Å²) in [4.78, 5) is 64.9. The fourth-order valence-electron chi connectivity index (χ4n) is 11.4. The van der Waals surface area contributed by atoms with Gasteiger partial charge in [0.05, 0.1) is 25.6 Å². The molecule has 0 aliphatic carbocycles. The molecule has 2 aliphatic heterocycles. The Labute approximate surface area is 407 Å². The quantitative estimate of drug-likeness (QED) is 0.0770. The van der Waals surface area contributed by atoms with E-state index in [1.165, 1.54) is 9.80 Å². The lowest BCUT2D eigenvalue weighted by atomic mass is 9.77. The fourth-order valence-corrected chi connectivity index (χ4v) is 11.4. The van der Waals surface area contributed by atoms with Crippen molar-refractivity contribution in [2.75, 3.05) is 24.0 Å². The second kappa shape index (κ2) is 16.4. The van der Waals surface area contributed by atoms with E-state index in [9.17, 15) is 0 Å². The first-order valence-corrected chi connectivity index (χ1v) is 24.3. The van der Waals surface area contributed by atoms with Crippen molar-refractivity contribution in [1.29, 1.82) is 0 Å². The predicted octanol–water partition coefficient (Wildman–Crippen LogP) is 15.2. The minimum absolute atomic E-state index is 0.0314. The maximum atomic E-state index is 15.6. The molecule has 0 fully saturated rings. The Balaban J connectivity index is 1.31. The number of methoxy groups -OCH3 is 2. The molecule has 0 bridgehead atoms. The Morgan fingerprint density at radius 1 is 0.343 bits per heavy atom. The van der Waals surface area contributed by atoms with Crippen molar-refractivity contribution in [2.45, 2.75) is 79.1 Å². The third kappa shape index (κ3) is 6.35. The number of rotatable bonds is 10. The lowest BCUT2D eigenvalue weighted by molar-refractivity contribution is 0.0877. The first kappa shape index (κ1) is 44.7. The van der Waals surface area contributed by atoms with Crippen molar-refractivity contribution in [3.8, 4) is 33.8 Å². The van der Waals surface area contributed by atoms with Gasteiger partial charge in [0.15, 0.2) is 0 Å². The second-order valence-electron chi connectivity index (χ2n) is 20.1. The molecule has 0 radical (unpaired) electrons. The standard InChI is InChI=1S/C62H54N2O6/c1-31(2)39-13-11-14-40(32(3)4)57(39)63-59(65)45-27-25-43-44-26-28-46-52-50(62(68)64(60(46)66)58-41(33(5)6)15-12-16-42(58)34(7)8)30-48(36-19-23-38(70-10)24-20-36)56(54(44)52)55-47(35-17-21-37(69-9)22-18-35)29-49(61(63)67)51(45)53(43)55/h11-34H,1-10H3. The van der Waals surface area contributed by atoms with Crippen LogP contribution in [0.4, 0.5) is 11.4 Å². The van der Waals surface area contributed by atoms with E-state index in [4.69, 9.17) is 9.47 Å². The van der Waals surface area contributed by atoms with E-state index >= 15 is 19.2 Å². The Morgan fingerprint density at radius 2 is 0.657 bits per heavy atom. The molecule has 0 saturated carbocycles. The van der Waals surface area contributed by atoms with E-state index in [0.29, 0.717) is 55.9 Å². The van der Waals surface area contributed by atoms with Crippen molar-refractivity contribution in [3.05, 3.63) is 166 Å². The second-order valence-corrected chi connectivity index (χ2v) is 20.1. The maximum absolute atomic E-state index is 15.6. The molecule has 2 heterocycles. The van der Waals surface area contributed by atoms with Crippen LogP contribution in [0.2, 0.25) is 0 Å². The van der Waals surface area contributed by atoms with Crippen molar-refractivity contribution in [1.82, 2.24) is 0 Å². The lowest BCUT2D eigenvalue weighted by Gasteiger charge is -2.34. The number of ether oxygens (including phenoxy) is 2. The van der Waals surface area contributed by atoms with Gasteiger partial charge >= 0.3 is 0 Å². The molecule has 11 rings (SSSR count). The van der Waals surface area contributed by atoms with Crippen LogP contribution in [-0.2, 0) is 0 Å². The number of fused-ring (bicyclic) bond motifs is 2. The van der Waals surface area contributed by atoms with E-state index in [1.54, 1.807) is 14.2 Å². The first-order valence-electron chi connectivity index (χ1n) is 24.3. The molecule has 70 heavy (non-hydrogen) atoms. The summed E-state index contributed by atoms with van der Waals surface area (Å²) in [7, 11) is 3.26. The number of nitrogens with zero attached hydrogens (tertiary/aromatic N) is 2. The van der Waals surface area contributed by atoms with Crippen LogP contribution in [0.15, 0.2) is 121 Å². The van der Waals surface area contributed by atoms with Gasteiger partial charge in [-0.25, -0.2) is 9.80 Å². The molecule has 8 heteroatoms. The van der Waals surface area contributed by atoms with Crippen LogP contribution in [0.25, 0.3) is 65.3 Å². The lowest BCUT2D eigenvalue weighted by Crippen LogP contribution is -2.42. The van der Waals surface area contributed by atoms with Crippen LogP contribution < -0.4 is 19.3 Å². The van der Waals surface area contributed by atoms with E-state index in [0.717, 1.165) is 76.8 Å². The number of carbonyl (C=O) groups is 4. The molecule has 0 spiro atoms. The van der Waals surface area contributed by atoms with Gasteiger partial charge in [-0.15, -0.1) is 0 Å². The molecule has 0 saturated heterocycles. The molecule has 0 unspecified atom stereocenters. The third-order valence-electron chi connectivity index (χ3n) is 14.8. The first-order chi connectivity index (χ1) is 33.7. The van der Waals surface area contributed by atoms with Crippen molar-refractivity contribution in [3.63, 3.8) is 0 Å². The van der Waals surface area contributed by atoms with Gasteiger partial charge in [0, 0.05) is 33.0 Å². The van der Waals surface area contributed by atoms with Gasteiger partial charge in [0.1, 0.15) is 11.5 Å². The molecule has 4 amide bonds. The molecular weight excluding hydrogens is 869 g/mol.